The second-order valence-corrected chi connectivity index (χ2v) is 5.38. The van der Waals surface area contributed by atoms with Crippen LogP contribution in [0.1, 0.15) is 29.8 Å². The lowest BCUT2D eigenvalue weighted by atomic mass is 9.96. The molecule has 1 aromatic heterocycles. The summed E-state index contributed by atoms with van der Waals surface area (Å²) < 4.78 is 38.7. The first-order valence-electron chi connectivity index (χ1n) is 6.81. The van der Waals surface area contributed by atoms with Crippen LogP contribution in [-0.2, 0) is 6.54 Å². The van der Waals surface area contributed by atoms with Gasteiger partial charge in [0, 0.05) is 42.3 Å². The van der Waals surface area contributed by atoms with Crippen molar-refractivity contribution in [3.63, 3.8) is 0 Å². The maximum absolute atomic E-state index is 12.9. The predicted molar refractivity (Wildman–Crippen MR) is 72.6 cm³/mol. The molecule has 1 aliphatic rings. The van der Waals surface area contributed by atoms with E-state index < -0.39 is 12.1 Å². The number of aromatic nitrogens is 1. The van der Waals surface area contributed by atoms with Crippen molar-refractivity contribution in [2.75, 3.05) is 18.0 Å². The van der Waals surface area contributed by atoms with Crippen LogP contribution >= 0.6 is 0 Å². The molecule has 20 heavy (non-hydrogen) atoms. The molecule has 0 aliphatic carbocycles. The van der Waals surface area contributed by atoms with Gasteiger partial charge in [0.2, 0.25) is 0 Å². The molecule has 1 aliphatic heterocycles. The molecule has 1 aromatic rings. The highest BCUT2D eigenvalue weighted by Gasteiger charge is 2.42. The Hall–Kier alpha value is -1.30. The average Bonchev–Trinajstić information content (AvgIpc) is 2.37. The Morgan fingerprint density at radius 1 is 1.40 bits per heavy atom. The molecule has 3 nitrogen and oxygen atoms in total. The number of nitrogens with two attached hydrogens (primary N) is 1. The van der Waals surface area contributed by atoms with Gasteiger partial charge in [-0.3, -0.25) is 4.98 Å². The van der Waals surface area contributed by atoms with E-state index in [9.17, 15) is 13.2 Å². The Labute approximate surface area is 117 Å². The largest absolute Gasteiger partial charge is 0.393 e. The van der Waals surface area contributed by atoms with E-state index >= 15 is 0 Å². The van der Waals surface area contributed by atoms with Gasteiger partial charge < -0.3 is 10.6 Å². The topological polar surface area (TPSA) is 42.1 Å². The number of nitrogens with zero attached hydrogens (tertiary/aromatic N) is 2. The van der Waals surface area contributed by atoms with Gasteiger partial charge in [-0.15, -0.1) is 0 Å². The van der Waals surface area contributed by atoms with E-state index in [1.165, 1.54) is 0 Å². The molecule has 112 valence electrons. The molecule has 2 rings (SSSR count). The SMILES string of the molecule is Cc1cc(N2CCCC(C(F)(F)F)C2)c(CN)c(C)n1. The van der Waals surface area contributed by atoms with Crippen LogP contribution in [0.2, 0.25) is 0 Å². The van der Waals surface area contributed by atoms with Crippen LogP contribution in [0.5, 0.6) is 0 Å². The molecule has 1 atom stereocenters. The molecule has 2 heterocycles. The maximum atomic E-state index is 12.9. The molecule has 2 N–H and O–H groups in total. The van der Waals surface area contributed by atoms with Gasteiger partial charge in [-0.25, -0.2) is 0 Å². The van der Waals surface area contributed by atoms with Gasteiger partial charge in [0.25, 0.3) is 0 Å². The first-order valence-corrected chi connectivity index (χ1v) is 6.81. The van der Waals surface area contributed by atoms with Gasteiger partial charge >= 0.3 is 6.18 Å². The summed E-state index contributed by atoms with van der Waals surface area (Å²) in [6.45, 7) is 4.65. The summed E-state index contributed by atoms with van der Waals surface area (Å²) in [6, 6.07) is 1.84. The minimum absolute atomic E-state index is 0.0133. The monoisotopic (exact) mass is 287 g/mol. The third-order valence-corrected chi connectivity index (χ3v) is 3.86. The van der Waals surface area contributed by atoms with Crippen molar-refractivity contribution in [2.45, 2.75) is 39.4 Å². The summed E-state index contributed by atoms with van der Waals surface area (Å²) in [4.78, 5) is 6.15. The summed E-state index contributed by atoms with van der Waals surface area (Å²) in [5.74, 6) is -1.25. The Bertz CT molecular complexity index is 485. The fourth-order valence-corrected chi connectivity index (χ4v) is 2.83. The summed E-state index contributed by atoms with van der Waals surface area (Å²) in [5, 5.41) is 0. The van der Waals surface area contributed by atoms with Crippen molar-refractivity contribution in [1.82, 2.24) is 4.98 Å². The number of rotatable bonds is 2. The molecule has 0 saturated carbocycles. The molecule has 1 saturated heterocycles. The molecule has 6 heteroatoms. The lowest BCUT2D eigenvalue weighted by Gasteiger charge is -2.36. The predicted octanol–water partition coefficient (Wildman–Crippen LogP) is 2.94. The van der Waals surface area contributed by atoms with Crippen molar-refractivity contribution >= 4 is 5.69 Å². The van der Waals surface area contributed by atoms with E-state index in [1.807, 2.05) is 24.8 Å². The standard InChI is InChI=1S/C14H20F3N3/c1-9-6-13(12(7-18)10(2)19-9)20-5-3-4-11(8-20)14(15,16)17/h6,11H,3-5,7-8,18H2,1-2H3. The van der Waals surface area contributed by atoms with Crippen LogP contribution in [0.15, 0.2) is 6.07 Å². The van der Waals surface area contributed by atoms with Gasteiger partial charge in [-0.2, -0.15) is 13.2 Å². The summed E-state index contributed by atoms with van der Waals surface area (Å²) in [6.07, 6.45) is -3.37. The third kappa shape index (κ3) is 3.06. The van der Waals surface area contributed by atoms with Crippen LogP contribution in [0, 0.1) is 19.8 Å². The lowest BCUT2D eigenvalue weighted by molar-refractivity contribution is -0.176. The summed E-state index contributed by atoms with van der Waals surface area (Å²) in [5.41, 5.74) is 9.01. The van der Waals surface area contributed by atoms with Crippen molar-refractivity contribution in [3.05, 3.63) is 23.0 Å². The van der Waals surface area contributed by atoms with E-state index in [2.05, 4.69) is 4.98 Å². The molecule has 1 unspecified atom stereocenters. The highest BCUT2D eigenvalue weighted by molar-refractivity contribution is 5.56. The Morgan fingerprint density at radius 2 is 2.10 bits per heavy atom. The quantitative estimate of drug-likeness (QED) is 0.909. The fraction of sp³-hybridized carbons (Fsp3) is 0.643. The maximum Gasteiger partial charge on any atom is 0.393 e. The molecule has 0 spiro atoms. The zero-order chi connectivity index (χ0) is 14.9. The number of piperidine rings is 1. The number of hydrogen-bond donors (Lipinski definition) is 1. The van der Waals surface area contributed by atoms with Crippen LogP contribution < -0.4 is 10.6 Å². The number of pyridine rings is 1. The van der Waals surface area contributed by atoms with Crippen LogP contribution in [0.4, 0.5) is 18.9 Å². The van der Waals surface area contributed by atoms with E-state index in [4.69, 9.17) is 5.73 Å². The molecule has 0 bridgehead atoms. The smallest absolute Gasteiger partial charge is 0.371 e. The minimum Gasteiger partial charge on any atom is -0.371 e. The minimum atomic E-state index is -4.13. The van der Waals surface area contributed by atoms with Crippen molar-refractivity contribution in [3.8, 4) is 0 Å². The zero-order valence-electron chi connectivity index (χ0n) is 11.8. The Balaban J connectivity index is 2.31. The zero-order valence-corrected chi connectivity index (χ0v) is 11.8. The fourth-order valence-electron chi connectivity index (χ4n) is 2.83. The Kier molecular flexibility index (Phi) is 4.22. The number of halogens is 3. The van der Waals surface area contributed by atoms with Crippen molar-refractivity contribution < 1.29 is 13.2 Å². The molecular weight excluding hydrogens is 267 g/mol. The van der Waals surface area contributed by atoms with E-state index in [0.717, 1.165) is 22.6 Å². The van der Waals surface area contributed by atoms with Crippen LogP contribution in [-0.4, -0.2) is 24.2 Å². The second-order valence-electron chi connectivity index (χ2n) is 5.38. The van der Waals surface area contributed by atoms with Crippen molar-refractivity contribution in [2.24, 2.45) is 11.7 Å². The normalized spacial score (nSPS) is 20.3. The van der Waals surface area contributed by atoms with Crippen LogP contribution in [0.25, 0.3) is 0 Å². The van der Waals surface area contributed by atoms with E-state index in [0.29, 0.717) is 19.5 Å². The molecule has 0 amide bonds. The number of alkyl halides is 3. The van der Waals surface area contributed by atoms with Crippen molar-refractivity contribution in [1.29, 1.82) is 0 Å². The van der Waals surface area contributed by atoms with Gasteiger partial charge in [0.05, 0.1) is 5.92 Å². The highest BCUT2D eigenvalue weighted by Crippen LogP contribution is 2.36. The number of hydrogen-bond acceptors (Lipinski definition) is 3. The summed E-state index contributed by atoms with van der Waals surface area (Å²) in [7, 11) is 0. The molecule has 1 fully saturated rings. The summed E-state index contributed by atoms with van der Waals surface area (Å²) >= 11 is 0. The first kappa shape index (κ1) is 15.1. The molecule has 0 radical (unpaired) electrons. The Morgan fingerprint density at radius 3 is 2.70 bits per heavy atom. The molecular formula is C14H20F3N3. The second kappa shape index (κ2) is 5.60. The van der Waals surface area contributed by atoms with Gasteiger partial charge in [-0.1, -0.05) is 0 Å². The third-order valence-electron chi connectivity index (χ3n) is 3.86. The number of anilines is 1. The van der Waals surface area contributed by atoms with Crippen LogP contribution in [0.3, 0.4) is 0 Å². The van der Waals surface area contributed by atoms with Gasteiger partial charge in [0.1, 0.15) is 0 Å². The van der Waals surface area contributed by atoms with E-state index in [-0.39, 0.29) is 13.0 Å². The van der Waals surface area contributed by atoms with E-state index in [1.54, 1.807) is 0 Å². The highest BCUT2D eigenvalue weighted by atomic mass is 19.4. The van der Waals surface area contributed by atoms with Gasteiger partial charge in [-0.05, 0) is 32.8 Å². The number of aryl methyl sites for hydroxylation is 2. The molecule has 0 aromatic carbocycles. The lowest BCUT2D eigenvalue weighted by Crippen LogP contribution is -2.42. The first-order chi connectivity index (χ1) is 9.32. The van der Waals surface area contributed by atoms with Gasteiger partial charge in [0.15, 0.2) is 0 Å². The average molecular weight is 287 g/mol.